The molecule has 0 aromatic heterocycles. The fourth-order valence-electron chi connectivity index (χ4n) is 3.01. The average Bonchev–Trinajstić information content (AvgIpc) is 2.49. The van der Waals surface area contributed by atoms with Gasteiger partial charge in [-0.15, -0.1) is 0 Å². The molecule has 22 heavy (non-hydrogen) atoms. The van der Waals surface area contributed by atoms with Crippen LogP contribution in [0.4, 0.5) is 5.69 Å². The minimum absolute atomic E-state index is 0.169. The van der Waals surface area contributed by atoms with Crippen LogP contribution in [-0.2, 0) is 4.79 Å². The van der Waals surface area contributed by atoms with Crippen LogP contribution in [0.25, 0.3) is 0 Å². The summed E-state index contributed by atoms with van der Waals surface area (Å²) < 4.78 is 0. The summed E-state index contributed by atoms with van der Waals surface area (Å²) >= 11 is 6.25. The van der Waals surface area contributed by atoms with Gasteiger partial charge in [0.05, 0.1) is 36.9 Å². The first-order chi connectivity index (χ1) is 10.6. The molecule has 2 rings (SSSR count). The molecule has 0 spiro atoms. The van der Waals surface area contributed by atoms with Crippen molar-refractivity contribution in [1.29, 1.82) is 0 Å². The summed E-state index contributed by atoms with van der Waals surface area (Å²) in [7, 11) is 0. The largest absolute Gasteiger partial charge is 0.359 e. The van der Waals surface area contributed by atoms with Crippen LogP contribution in [0, 0.1) is 0 Å². The molecule has 1 aliphatic rings. The van der Waals surface area contributed by atoms with Crippen LogP contribution in [0.15, 0.2) is 24.3 Å². The molecule has 4 nitrogen and oxygen atoms in total. The number of hydrogen-bond donors (Lipinski definition) is 2. The first-order valence-electron chi connectivity index (χ1n) is 8.22. The van der Waals surface area contributed by atoms with Gasteiger partial charge in [-0.25, -0.2) is 0 Å². The van der Waals surface area contributed by atoms with Crippen molar-refractivity contribution in [2.24, 2.45) is 0 Å². The highest BCUT2D eigenvalue weighted by Gasteiger charge is 2.23. The maximum atomic E-state index is 12.0. The van der Waals surface area contributed by atoms with Crippen LogP contribution in [-0.4, -0.2) is 44.7 Å². The summed E-state index contributed by atoms with van der Waals surface area (Å²) in [5.41, 5.74) is 1.10. The number of anilines is 1. The number of rotatable bonds is 6. The van der Waals surface area contributed by atoms with Crippen molar-refractivity contribution in [1.82, 2.24) is 5.32 Å². The third kappa shape index (κ3) is 4.89. The van der Waals surface area contributed by atoms with Crippen LogP contribution < -0.4 is 15.1 Å². The zero-order chi connectivity index (χ0) is 15.9. The number of nitrogens with one attached hydrogen (secondary N) is 2. The van der Waals surface area contributed by atoms with Crippen LogP contribution in [0.1, 0.15) is 26.7 Å². The Kier molecular flexibility index (Phi) is 6.52. The predicted octanol–water partition coefficient (Wildman–Crippen LogP) is 1.35. The molecular formula is C17H27ClN3O+. The van der Waals surface area contributed by atoms with Gasteiger partial charge >= 0.3 is 0 Å². The zero-order valence-corrected chi connectivity index (χ0v) is 14.3. The van der Waals surface area contributed by atoms with E-state index in [0.717, 1.165) is 49.7 Å². The van der Waals surface area contributed by atoms with Gasteiger partial charge in [0.2, 0.25) is 0 Å². The van der Waals surface area contributed by atoms with Crippen molar-refractivity contribution >= 4 is 23.2 Å². The number of hydrogen-bond acceptors (Lipinski definition) is 2. The van der Waals surface area contributed by atoms with Gasteiger partial charge in [-0.2, -0.15) is 0 Å². The quantitative estimate of drug-likeness (QED) is 0.829. The molecule has 1 aromatic carbocycles. The summed E-state index contributed by atoms with van der Waals surface area (Å²) in [4.78, 5) is 15.7. The summed E-state index contributed by atoms with van der Waals surface area (Å²) in [5, 5.41) is 3.89. The van der Waals surface area contributed by atoms with E-state index >= 15 is 0 Å². The van der Waals surface area contributed by atoms with Gasteiger partial charge in [-0.1, -0.05) is 37.1 Å². The molecule has 1 heterocycles. The smallest absolute Gasteiger partial charge is 0.275 e. The van der Waals surface area contributed by atoms with Crippen LogP contribution >= 0.6 is 11.6 Å². The number of carbonyl (C=O) groups is 1. The highest BCUT2D eigenvalue weighted by molar-refractivity contribution is 6.33. The minimum atomic E-state index is 0.169. The molecule has 1 fully saturated rings. The third-order valence-electron chi connectivity index (χ3n) is 4.20. The van der Waals surface area contributed by atoms with E-state index in [1.807, 2.05) is 18.2 Å². The van der Waals surface area contributed by atoms with Crippen molar-refractivity contribution in [2.45, 2.75) is 32.7 Å². The molecular weight excluding hydrogens is 298 g/mol. The number of carbonyl (C=O) groups excluding carboxylic acids is 1. The van der Waals surface area contributed by atoms with Crippen LogP contribution in [0.5, 0.6) is 0 Å². The summed E-state index contributed by atoms with van der Waals surface area (Å²) in [6, 6.07) is 8.24. The summed E-state index contributed by atoms with van der Waals surface area (Å²) in [6.07, 6.45) is 2.15. The first kappa shape index (κ1) is 17.1. The predicted molar refractivity (Wildman–Crippen MR) is 91.7 cm³/mol. The Balaban J connectivity index is 1.78. The molecule has 1 aromatic rings. The minimum Gasteiger partial charge on any atom is -0.359 e. The first-order valence-corrected chi connectivity index (χ1v) is 8.60. The Morgan fingerprint density at radius 1 is 1.36 bits per heavy atom. The maximum absolute atomic E-state index is 12.0. The zero-order valence-electron chi connectivity index (χ0n) is 13.6. The monoisotopic (exact) mass is 324 g/mol. The summed E-state index contributed by atoms with van der Waals surface area (Å²) in [5.74, 6) is 0.169. The fourth-order valence-corrected chi connectivity index (χ4v) is 3.26. The number of quaternary nitrogens is 1. The summed E-state index contributed by atoms with van der Waals surface area (Å²) in [6.45, 7) is 8.62. The lowest BCUT2D eigenvalue weighted by atomic mass is 10.2. The molecule has 1 aliphatic heterocycles. The fraction of sp³-hybridized carbons (Fsp3) is 0.588. The van der Waals surface area contributed by atoms with Gasteiger partial charge < -0.3 is 15.1 Å². The Labute approximate surface area is 138 Å². The molecule has 1 saturated heterocycles. The average molecular weight is 325 g/mol. The van der Waals surface area contributed by atoms with E-state index in [9.17, 15) is 4.79 Å². The van der Waals surface area contributed by atoms with Gasteiger partial charge in [0.15, 0.2) is 6.54 Å². The van der Waals surface area contributed by atoms with E-state index in [1.54, 1.807) is 0 Å². The molecule has 0 saturated carbocycles. The molecule has 5 heteroatoms. The highest BCUT2D eigenvalue weighted by Crippen LogP contribution is 2.24. The Morgan fingerprint density at radius 3 is 2.68 bits per heavy atom. The van der Waals surface area contributed by atoms with Gasteiger partial charge in [-0.05, 0) is 25.5 Å². The van der Waals surface area contributed by atoms with E-state index in [2.05, 4.69) is 30.1 Å². The molecule has 122 valence electrons. The molecule has 1 atom stereocenters. The highest BCUT2D eigenvalue weighted by atomic mass is 35.5. The van der Waals surface area contributed by atoms with Crippen molar-refractivity contribution < 1.29 is 9.69 Å². The number of halogens is 1. The molecule has 0 radical (unpaired) electrons. The number of benzene rings is 1. The second-order valence-corrected chi connectivity index (χ2v) is 6.53. The van der Waals surface area contributed by atoms with Gasteiger partial charge in [0.25, 0.3) is 5.91 Å². The second kappa shape index (κ2) is 8.39. The molecule has 2 N–H and O–H groups in total. The van der Waals surface area contributed by atoms with Crippen molar-refractivity contribution in [3.05, 3.63) is 29.3 Å². The van der Waals surface area contributed by atoms with Crippen LogP contribution in [0.2, 0.25) is 5.02 Å². The lowest BCUT2D eigenvalue weighted by Crippen LogP contribution is -3.16. The van der Waals surface area contributed by atoms with Crippen molar-refractivity contribution in [2.75, 3.05) is 37.6 Å². The van der Waals surface area contributed by atoms with Gasteiger partial charge in [-0.3, -0.25) is 4.79 Å². The van der Waals surface area contributed by atoms with E-state index < -0.39 is 0 Å². The standard InChI is InChI=1S/C17H26ClN3O/c1-3-6-14(2)19-17(22)13-20-9-11-21(12-10-20)16-8-5-4-7-15(16)18/h4-5,7-8,14H,3,6,9-13H2,1-2H3,(H,19,22)/p+1/t14-/m1/s1. The number of nitrogens with zero attached hydrogens (tertiary/aromatic N) is 1. The van der Waals surface area contributed by atoms with E-state index in [4.69, 9.17) is 11.6 Å². The Morgan fingerprint density at radius 2 is 2.05 bits per heavy atom. The number of amides is 1. The molecule has 1 amide bonds. The molecule has 0 bridgehead atoms. The lowest BCUT2D eigenvalue weighted by Gasteiger charge is -2.33. The molecule has 0 aliphatic carbocycles. The van der Waals surface area contributed by atoms with Gasteiger partial charge in [0, 0.05) is 6.04 Å². The van der Waals surface area contributed by atoms with Crippen molar-refractivity contribution in [3.8, 4) is 0 Å². The Bertz CT molecular complexity index is 487. The third-order valence-corrected chi connectivity index (χ3v) is 4.52. The topological polar surface area (TPSA) is 36.8 Å². The SMILES string of the molecule is CCC[C@@H](C)NC(=O)C[NH+]1CCN(c2ccccc2Cl)CC1. The lowest BCUT2D eigenvalue weighted by molar-refractivity contribution is -0.892. The maximum Gasteiger partial charge on any atom is 0.275 e. The van der Waals surface area contributed by atoms with E-state index in [0.29, 0.717) is 6.54 Å². The van der Waals surface area contributed by atoms with E-state index in [1.165, 1.54) is 4.90 Å². The number of para-hydroxylation sites is 1. The van der Waals surface area contributed by atoms with E-state index in [-0.39, 0.29) is 11.9 Å². The van der Waals surface area contributed by atoms with Crippen LogP contribution in [0.3, 0.4) is 0 Å². The molecule has 0 unspecified atom stereocenters. The van der Waals surface area contributed by atoms with Gasteiger partial charge in [0.1, 0.15) is 0 Å². The van der Waals surface area contributed by atoms with Crippen molar-refractivity contribution in [3.63, 3.8) is 0 Å². The second-order valence-electron chi connectivity index (χ2n) is 6.12. The Hall–Kier alpha value is -1.26. The number of piperazine rings is 1. The normalized spacial score (nSPS) is 17.3.